The molecule has 10 nitrogen and oxygen atoms in total. The van der Waals surface area contributed by atoms with Gasteiger partial charge in [0.25, 0.3) is 0 Å². The summed E-state index contributed by atoms with van der Waals surface area (Å²) in [4.78, 5) is 38.2. The summed E-state index contributed by atoms with van der Waals surface area (Å²) in [7, 11) is 1.70. The van der Waals surface area contributed by atoms with Gasteiger partial charge in [0, 0.05) is 19.1 Å². The molecule has 2 fully saturated rings. The van der Waals surface area contributed by atoms with E-state index in [1.165, 1.54) is 0 Å². The summed E-state index contributed by atoms with van der Waals surface area (Å²) >= 11 is 0. The van der Waals surface area contributed by atoms with Gasteiger partial charge in [-0.2, -0.15) is 0 Å². The molecule has 1 heterocycles. The van der Waals surface area contributed by atoms with Crippen LogP contribution in [0, 0.1) is 0 Å². The Bertz CT molecular complexity index is 897. The highest BCUT2D eigenvalue weighted by Crippen LogP contribution is 2.25. The van der Waals surface area contributed by atoms with Gasteiger partial charge in [-0.15, -0.1) is 0 Å². The number of amides is 2. The summed E-state index contributed by atoms with van der Waals surface area (Å²) in [5.41, 5.74) is 0.333. The van der Waals surface area contributed by atoms with Crippen molar-refractivity contribution in [1.29, 1.82) is 0 Å². The predicted molar refractivity (Wildman–Crippen MR) is 142 cm³/mol. The molecule has 2 amide bonds. The summed E-state index contributed by atoms with van der Waals surface area (Å²) < 4.78 is 21.9. The van der Waals surface area contributed by atoms with Crippen LogP contribution in [0.3, 0.4) is 0 Å². The summed E-state index contributed by atoms with van der Waals surface area (Å²) in [5.74, 6) is -0.580. The van der Waals surface area contributed by atoms with Crippen LogP contribution >= 0.6 is 0 Å². The number of carbonyl (C=O) groups excluding carboxylic acids is 3. The first-order valence-corrected chi connectivity index (χ1v) is 13.5. The number of alkyl carbamates (subject to hydrolysis) is 1. The van der Waals surface area contributed by atoms with E-state index in [4.69, 9.17) is 18.9 Å². The molecule has 2 atom stereocenters. The van der Waals surface area contributed by atoms with Gasteiger partial charge in [0.15, 0.2) is 6.61 Å². The molecule has 38 heavy (non-hydrogen) atoms. The smallest absolute Gasteiger partial charge is 0.410 e. The minimum Gasteiger partial charge on any atom is -0.458 e. The molecule has 10 heteroatoms. The Hall–Kier alpha value is -2.85. The van der Waals surface area contributed by atoms with Crippen molar-refractivity contribution < 1.29 is 33.3 Å². The summed E-state index contributed by atoms with van der Waals surface area (Å²) in [6.45, 7) is 6.66. The van der Waals surface area contributed by atoms with Gasteiger partial charge in [0.05, 0.1) is 18.8 Å². The Morgan fingerprint density at radius 3 is 2.42 bits per heavy atom. The molecule has 0 radical (unpaired) electrons. The number of ether oxygens (including phenoxy) is 4. The molecular formula is C28H43N3O7. The monoisotopic (exact) mass is 533 g/mol. The van der Waals surface area contributed by atoms with Gasteiger partial charge in [-0.3, -0.25) is 0 Å². The summed E-state index contributed by atoms with van der Waals surface area (Å²) in [5, 5.41) is 6.45. The van der Waals surface area contributed by atoms with Crippen LogP contribution in [-0.4, -0.2) is 79.7 Å². The second-order valence-corrected chi connectivity index (χ2v) is 11.0. The van der Waals surface area contributed by atoms with Crippen molar-refractivity contribution in [3.8, 4) is 0 Å². The molecule has 2 N–H and O–H groups in total. The van der Waals surface area contributed by atoms with Crippen LogP contribution in [0.2, 0.25) is 0 Å². The van der Waals surface area contributed by atoms with Crippen LogP contribution in [0.25, 0.3) is 0 Å². The van der Waals surface area contributed by atoms with E-state index < -0.39 is 30.4 Å². The molecule has 0 bridgehead atoms. The molecule has 1 aromatic carbocycles. The average molecular weight is 534 g/mol. The van der Waals surface area contributed by atoms with Crippen LogP contribution in [-0.2, 0) is 30.3 Å². The van der Waals surface area contributed by atoms with Gasteiger partial charge in [-0.1, -0.05) is 30.3 Å². The Balaban J connectivity index is 1.34. The second kappa shape index (κ2) is 14.3. The lowest BCUT2D eigenvalue weighted by Crippen LogP contribution is -2.56. The van der Waals surface area contributed by atoms with Gasteiger partial charge in [-0.25, -0.2) is 14.4 Å². The number of nitrogens with one attached hydrogen (secondary N) is 2. The summed E-state index contributed by atoms with van der Waals surface area (Å²) in [6.07, 6.45) is 4.21. The van der Waals surface area contributed by atoms with Gasteiger partial charge >= 0.3 is 18.2 Å². The highest BCUT2D eigenvalue weighted by molar-refractivity contribution is 5.75. The largest absolute Gasteiger partial charge is 0.458 e. The predicted octanol–water partition coefficient (Wildman–Crippen LogP) is 3.77. The fourth-order valence-electron chi connectivity index (χ4n) is 4.75. The second-order valence-electron chi connectivity index (χ2n) is 11.0. The standard InChI is InChI=1S/C28H43N3O7/c1-28(2,3)38-26(33)30-23-11-8-16-29-24(23)18-35-22-14-12-21(13-15-22)31(4)27(34)37-19-25(32)36-17-20-9-6-5-7-10-20/h5-7,9-10,21-24,29H,8,11-19H2,1-4H3,(H,30,33)/t21?,22?,23-,24-/m0/s1. The van der Waals surface area contributed by atoms with Gasteiger partial charge in [-0.05, 0) is 71.4 Å². The highest BCUT2D eigenvalue weighted by atomic mass is 16.6. The third-order valence-corrected chi connectivity index (χ3v) is 6.83. The molecule has 1 aliphatic heterocycles. The van der Waals surface area contributed by atoms with E-state index in [1.54, 1.807) is 11.9 Å². The molecule has 1 saturated carbocycles. The molecule has 3 rings (SSSR count). The number of carbonyl (C=O) groups is 3. The van der Waals surface area contributed by atoms with Gasteiger partial charge < -0.3 is 34.5 Å². The Morgan fingerprint density at radius 2 is 1.74 bits per heavy atom. The lowest BCUT2D eigenvalue weighted by molar-refractivity contribution is -0.148. The van der Waals surface area contributed by atoms with Crippen molar-refractivity contribution in [2.75, 3.05) is 26.8 Å². The van der Waals surface area contributed by atoms with E-state index in [0.717, 1.165) is 50.6 Å². The van der Waals surface area contributed by atoms with E-state index >= 15 is 0 Å². The zero-order valence-corrected chi connectivity index (χ0v) is 23.1. The number of nitrogens with zero attached hydrogens (tertiary/aromatic N) is 1. The minimum absolute atomic E-state index is 0.0216. The maximum absolute atomic E-state index is 12.5. The van der Waals surface area contributed by atoms with Crippen LogP contribution in [0.4, 0.5) is 9.59 Å². The quantitative estimate of drug-likeness (QED) is 0.364. The maximum atomic E-state index is 12.5. The van der Waals surface area contributed by atoms with E-state index in [1.807, 2.05) is 51.1 Å². The maximum Gasteiger partial charge on any atom is 0.410 e. The Labute approximate surface area is 225 Å². The minimum atomic E-state index is -0.580. The fourth-order valence-corrected chi connectivity index (χ4v) is 4.75. The summed E-state index contributed by atoms with van der Waals surface area (Å²) in [6, 6.07) is 9.34. The van der Waals surface area contributed by atoms with Crippen molar-refractivity contribution in [2.45, 2.75) is 95.7 Å². The fraction of sp³-hybridized carbons (Fsp3) is 0.679. The number of hydrogen-bond acceptors (Lipinski definition) is 8. The zero-order chi connectivity index (χ0) is 27.5. The van der Waals surface area contributed by atoms with E-state index in [0.29, 0.717) is 6.61 Å². The Kier molecular flexibility index (Phi) is 11.2. The van der Waals surface area contributed by atoms with Gasteiger partial charge in [0.2, 0.25) is 0 Å². The number of esters is 1. The van der Waals surface area contributed by atoms with Crippen LogP contribution in [0.1, 0.15) is 64.9 Å². The molecular weight excluding hydrogens is 490 g/mol. The van der Waals surface area contributed by atoms with Crippen LogP contribution < -0.4 is 10.6 Å². The SMILES string of the molecule is CN(C(=O)OCC(=O)OCc1ccccc1)C1CCC(OC[C@@H]2NCCC[C@@H]2NC(=O)OC(C)(C)C)CC1. The molecule has 0 aromatic heterocycles. The van der Waals surface area contributed by atoms with Gasteiger partial charge in [0.1, 0.15) is 12.2 Å². The number of piperidine rings is 1. The first-order chi connectivity index (χ1) is 18.1. The first-order valence-electron chi connectivity index (χ1n) is 13.5. The van der Waals surface area contributed by atoms with E-state index in [-0.39, 0.29) is 30.8 Å². The third kappa shape index (κ3) is 10.1. The molecule has 1 saturated heterocycles. The number of benzene rings is 1. The lowest BCUT2D eigenvalue weighted by atomic mass is 9.92. The highest BCUT2D eigenvalue weighted by Gasteiger charge is 2.31. The van der Waals surface area contributed by atoms with Crippen molar-refractivity contribution in [1.82, 2.24) is 15.5 Å². The first kappa shape index (κ1) is 29.7. The normalized spacial score (nSPS) is 23.7. The number of rotatable bonds is 9. The van der Waals surface area contributed by atoms with Crippen molar-refractivity contribution in [3.63, 3.8) is 0 Å². The Morgan fingerprint density at radius 1 is 1.03 bits per heavy atom. The zero-order valence-electron chi connectivity index (χ0n) is 23.1. The molecule has 0 unspecified atom stereocenters. The van der Waals surface area contributed by atoms with E-state index in [9.17, 15) is 14.4 Å². The molecule has 1 aromatic rings. The van der Waals surface area contributed by atoms with Crippen molar-refractivity contribution >= 4 is 18.2 Å². The van der Waals surface area contributed by atoms with Crippen LogP contribution in [0.5, 0.6) is 0 Å². The molecule has 0 spiro atoms. The topological polar surface area (TPSA) is 115 Å². The number of hydrogen-bond donors (Lipinski definition) is 2. The molecule has 1 aliphatic carbocycles. The van der Waals surface area contributed by atoms with E-state index in [2.05, 4.69) is 10.6 Å². The van der Waals surface area contributed by atoms with Crippen molar-refractivity contribution in [2.24, 2.45) is 0 Å². The lowest BCUT2D eigenvalue weighted by Gasteiger charge is -2.37. The molecule has 2 aliphatic rings. The van der Waals surface area contributed by atoms with Crippen LogP contribution in [0.15, 0.2) is 30.3 Å². The average Bonchev–Trinajstić information content (AvgIpc) is 2.89. The third-order valence-electron chi connectivity index (χ3n) is 6.83. The molecule has 212 valence electrons. The van der Waals surface area contributed by atoms with Crippen molar-refractivity contribution in [3.05, 3.63) is 35.9 Å².